The average molecular weight is 293 g/mol. The quantitative estimate of drug-likeness (QED) is 0.437. The van der Waals surface area contributed by atoms with Crippen LogP contribution in [-0.2, 0) is 0 Å². The van der Waals surface area contributed by atoms with Crippen molar-refractivity contribution in [3.05, 3.63) is 34.4 Å². The van der Waals surface area contributed by atoms with E-state index in [2.05, 4.69) is 16.7 Å². The third-order valence-corrected chi connectivity index (χ3v) is 3.85. The Balaban J connectivity index is 1.62. The first-order valence-corrected chi connectivity index (χ1v) is 7.51. The number of ether oxygens (including phenoxy) is 1. The van der Waals surface area contributed by atoms with Crippen LogP contribution in [0.2, 0.25) is 0 Å². The number of piperazine rings is 1. The molecule has 1 aliphatic rings. The molecule has 0 unspecified atom stereocenters. The average Bonchev–Trinajstić information content (AvgIpc) is 2.52. The largest absolute Gasteiger partial charge is 0.494 e. The lowest BCUT2D eigenvalue weighted by Gasteiger charge is -2.33. The maximum atomic E-state index is 10.5. The van der Waals surface area contributed by atoms with Gasteiger partial charge in [0.25, 0.3) is 5.69 Å². The molecule has 1 fully saturated rings. The predicted octanol–water partition coefficient (Wildman–Crippen LogP) is 2.00. The summed E-state index contributed by atoms with van der Waals surface area (Å²) in [6.07, 6.45) is 0.975. The fourth-order valence-electron chi connectivity index (χ4n) is 2.47. The Morgan fingerprint density at radius 3 is 2.33 bits per heavy atom. The Labute approximate surface area is 125 Å². The molecule has 1 aliphatic heterocycles. The van der Waals surface area contributed by atoms with Crippen LogP contribution in [0.25, 0.3) is 0 Å². The van der Waals surface area contributed by atoms with Crippen LogP contribution in [-0.4, -0.2) is 60.6 Å². The molecule has 0 N–H and O–H groups in total. The first-order chi connectivity index (χ1) is 10.2. The van der Waals surface area contributed by atoms with Crippen LogP contribution in [0.15, 0.2) is 24.3 Å². The molecule has 1 aromatic carbocycles. The van der Waals surface area contributed by atoms with Gasteiger partial charge in [0.2, 0.25) is 0 Å². The van der Waals surface area contributed by atoms with E-state index in [1.807, 2.05) is 0 Å². The van der Waals surface area contributed by atoms with Gasteiger partial charge in [-0.25, -0.2) is 0 Å². The maximum Gasteiger partial charge on any atom is 0.269 e. The predicted molar refractivity (Wildman–Crippen MR) is 81.8 cm³/mol. The molecule has 0 atom stereocenters. The van der Waals surface area contributed by atoms with Crippen molar-refractivity contribution in [3.8, 4) is 5.75 Å². The third-order valence-electron chi connectivity index (χ3n) is 3.85. The Morgan fingerprint density at radius 2 is 1.76 bits per heavy atom. The summed E-state index contributed by atoms with van der Waals surface area (Å²) in [6, 6.07) is 6.24. The van der Waals surface area contributed by atoms with Crippen LogP contribution >= 0.6 is 0 Å². The third kappa shape index (κ3) is 4.99. The number of hydrogen-bond donors (Lipinski definition) is 0. The van der Waals surface area contributed by atoms with Crippen molar-refractivity contribution in [1.29, 1.82) is 0 Å². The van der Waals surface area contributed by atoms with Gasteiger partial charge in [-0.2, -0.15) is 0 Å². The van der Waals surface area contributed by atoms with Gasteiger partial charge in [0.05, 0.1) is 11.5 Å². The lowest BCUT2D eigenvalue weighted by molar-refractivity contribution is -0.384. The molecule has 0 bridgehead atoms. The van der Waals surface area contributed by atoms with E-state index in [0.717, 1.165) is 45.7 Å². The van der Waals surface area contributed by atoms with E-state index in [4.69, 9.17) is 4.74 Å². The molecule has 0 saturated carbocycles. The first-order valence-electron chi connectivity index (χ1n) is 7.51. The maximum absolute atomic E-state index is 10.5. The van der Waals surface area contributed by atoms with Gasteiger partial charge in [-0.3, -0.25) is 10.1 Å². The SMILES string of the molecule is CCN1CCN(CCCOc2ccc([N+](=O)[O-])cc2)CC1. The van der Waals surface area contributed by atoms with Crippen LogP contribution in [0.3, 0.4) is 0 Å². The van der Waals surface area contributed by atoms with Crippen LogP contribution in [0.1, 0.15) is 13.3 Å². The molecule has 6 nitrogen and oxygen atoms in total. The minimum atomic E-state index is -0.403. The lowest BCUT2D eigenvalue weighted by atomic mass is 10.3. The topological polar surface area (TPSA) is 58.8 Å². The minimum absolute atomic E-state index is 0.0937. The first kappa shape index (κ1) is 15.7. The Bertz CT molecular complexity index is 442. The number of nitro benzene ring substituents is 1. The van der Waals surface area contributed by atoms with E-state index in [1.54, 1.807) is 12.1 Å². The van der Waals surface area contributed by atoms with Crippen LogP contribution < -0.4 is 4.74 Å². The summed E-state index contributed by atoms with van der Waals surface area (Å²) < 4.78 is 5.61. The minimum Gasteiger partial charge on any atom is -0.494 e. The summed E-state index contributed by atoms with van der Waals surface area (Å²) in [5, 5.41) is 10.5. The van der Waals surface area contributed by atoms with Gasteiger partial charge in [0.15, 0.2) is 0 Å². The van der Waals surface area contributed by atoms with Gasteiger partial charge in [0, 0.05) is 44.9 Å². The van der Waals surface area contributed by atoms with Crippen molar-refractivity contribution in [2.75, 3.05) is 45.9 Å². The number of benzene rings is 1. The number of nitro groups is 1. The number of nitrogens with zero attached hydrogens (tertiary/aromatic N) is 3. The Hall–Kier alpha value is -1.66. The second-order valence-electron chi connectivity index (χ2n) is 5.23. The zero-order chi connectivity index (χ0) is 15.1. The molecule has 1 aromatic rings. The highest BCUT2D eigenvalue weighted by atomic mass is 16.6. The zero-order valence-electron chi connectivity index (χ0n) is 12.5. The number of likely N-dealkylation sites (N-methyl/N-ethyl adjacent to an activating group) is 1. The molecule has 0 aliphatic carbocycles. The van der Waals surface area contributed by atoms with Crippen molar-refractivity contribution in [1.82, 2.24) is 9.80 Å². The smallest absolute Gasteiger partial charge is 0.269 e. The van der Waals surface area contributed by atoms with Crippen LogP contribution in [0.4, 0.5) is 5.69 Å². The summed E-state index contributed by atoms with van der Waals surface area (Å²) in [5.41, 5.74) is 0.0937. The molecule has 0 aromatic heterocycles. The van der Waals surface area contributed by atoms with E-state index in [-0.39, 0.29) is 5.69 Å². The molecule has 6 heteroatoms. The second-order valence-corrected chi connectivity index (χ2v) is 5.23. The molecule has 0 amide bonds. The van der Waals surface area contributed by atoms with Gasteiger partial charge >= 0.3 is 0 Å². The van der Waals surface area contributed by atoms with Crippen molar-refractivity contribution in [2.24, 2.45) is 0 Å². The molecule has 21 heavy (non-hydrogen) atoms. The van der Waals surface area contributed by atoms with Crippen molar-refractivity contribution >= 4 is 5.69 Å². The highest BCUT2D eigenvalue weighted by Crippen LogP contribution is 2.17. The van der Waals surface area contributed by atoms with Crippen molar-refractivity contribution in [3.63, 3.8) is 0 Å². The Morgan fingerprint density at radius 1 is 1.14 bits per heavy atom. The molecule has 1 saturated heterocycles. The molecular weight excluding hydrogens is 270 g/mol. The molecule has 2 rings (SSSR count). The molecule has 1 heterocycles. The van der Waals surface area contributed by atoms with Gasteiger partial charge in [-0.15, -0.1) is 0 Å². The standard InChI is InChI=1S/C15H23N3O3/c1-2-16-9-11-17(12-10-16)8-3-13-21-15-6-4-14(5-7-15)18(19)20/h4-7H,2-3,8-13H2,1H3. The van der Waals surface area contributed by atoms with E-state index >= 15 is 0 Å². The number of hydrogen-bond acceptors (Lipinski definition) is 5. The lowest BCUT2D eigenvalue weighted by Crippen LogP contribution is -2.46. The van der Waals surface area contributed by atoms with Gasteiger partial charge in [0.1, 0.15) is 5.75 Å². The second kappa shape index (κ2) is 7.95. The van der Waals surface area contributed by atoms with E-state index in [9.17, 15) is 10.1 Å². The van der Waals surface area contributed by atoms with Crippen molar-refractivity contribution < 1.29 is 9.66 Å². The molecule has 0 spiro atoms. The Kier molecular flexibility index (Phi) is 5.95. The summed E-state index contributed by atoms with van der Waals surface area (Å²) in [5.74, 6) is 0.691. The van der Waals surface area contributed by atoms with Crippen LogP contribution in [0.5, 0.6) is 5.75 Å². The zero-order valence-corrected chi connectivity index (χ0v) is 12.5. The van der Waals surface area contributed by atoms with E-state index in [1.165, 1.54) is 12.1 Å². The summed E-state index contributed by atoms with van der Waals surface area (Å²) in [4.78, 5) is 15.1. The van der Waals surface area contributed by atoms with E-state index < -0.39 is 4.92 Å². The van der Waals surface area contributed by atoms with Gasteiger partial charge < -0.3 is 14.5 Å². The van der Waals surface area contributed by atoms with Gasteiger partial charge in [-0.05, 0) is 25.1 Å². The number of rotatable bonds is 7. The highest BCUT2D eigenvalue weighted by Gasteiger charge is 2.14. The highest BCUT2D eigenvalue weighted by molar-refractivity contribution is 5.35. The van der Waals surface area contributed by atoms with Crippen LogP contribution in [0, 0.1) is 10.1 Å². The molecule has 0 radical (unpaired) electrons. The summed E-state index contributed by atoms with van der Waals surface area (Å²) in [6.45, 7) is 9.59. The number of non-ortho nitro benzene ring substituents is 1. The monoisotopic (exact) mass is 293 g/mol. The molecule has 116 valence electrons. The van der Waals surface area contributed by atoms with Crippen molar-refractivity contribution in [2.45, 2.75) is 13.3 Å². The fraction of sp³-hybridized carbons (Fsp3) is 0.600. The normalized spacial score (nSPS) is 16.8. The summed E-state index contributed by atoms with van der Waals surface area (Å²) in [7, 11) is 0. The van der Waals surface area contributed by atoms with E-state index in [0.29, 0.717) is 12.4 Å². The summed E-state index contributed by atoms with van der Waals surface area (Å²) >= 11 is 0. The molecular formula is C15H23N3O3. The van der Waals surface area contributed by atoms with Gasteiger partial charge in [-0.1, -0.05) is 6.92 Å². The fourth-order valence-corrected chi connectivity index (χ4v) is 2.47.